The second-order valence-electron chi connectivity index (χ2n) is 5.59. The van der Waals surface area contributed by atoms with E-state index in [1.165, 1.54) is 0 Å². The van der Waals surface area contributed by atoms with Crippen molar-refractivity contribution in [1.29, 1.82) is 0 Å². The molecule has 1 fully saturated rings. The van der Waals surface area contributed by atoms with Crippen molar-refractivity contribution in [3.05, 3.63) is 29.8 Å². The van der Waals surface area contributed by atoms with Crippen LogP contribution >= 0.6 is 0 Å². The maximum atomic E-state index is 13.8. The van der Waals surface area contributed by atoms with Gasteiger partial charge in [-0.05, 0) is 26.0 Å². The molecule has 1 heterocycles. The van der Waals surface area contributed by atoms with Crippen molar-refractivity contribution >= 4 is 15.9 Å². The maximum absolute atomic E-state index is 13.8. The van der Waals surface area contributed by atoms with Crippen LogP contribution in [-0.4, -0.2) is 62.3 Å². The van der Waals surface area contributed by atoms with E-state index in [-0.39, 0.29) is 25.0 Å². The standard InChI is InChI=1S/C15H21F2N3O3S/c1-3-18-15(21)11(2)19-6-8-20(9-7-19)24(22,23)14-5-4-12(16)10-13(14)17/h4-5,10-11H,3,6-9H2,1-2H3,(H,18,21)/t11-/m1/s1. The molecular formula is C15H21F2N3O3S. The minimum absolute atomic E-state index is 0.113. The van der Waals surface area contributed by atoms with Crippen LogP contribution in [-0.2, 0) is 14.8 Å². The summed E-state index contributed by atoms with van der Waals surface area (Å²) < 4.78 is 52.9. The highest BCUT2D eigenvalue weighted by atomic mass is 32.2. The number of piperazine rings is 1. The molecule has 6 nitrogen and oxygen atoms in total. The van der Waals surface area contributed by atoms with Gasteiger partial charge in [-0.1, -0.05) is 0 Å². The number of nitrogens with one attached hydrogen (secondary N) is 1. The highest BCUT2D eigenvalue weighted by Gasteiger charge is 2.33. The van der Waals surface area contributed by atoms with Crippen molar-refractivity contribution in [3.63, 3.8) is 0 Å². The van der Waals surface area contributed by atoms with E-state index in [4.69, 9.17) is 0 Å². The lowest BCUT2D eigenvalue weighted by atomic mass is 10.2. The number of nitrogens with zero attached hydrogens (tertiary/aromatic N) is 2. The van der Waals surface area contributed by atoms with Crippen LogP contribution in [0.3, 0.4) is 0 Å². The minimum atomic E-state index is -4.02. The fourth-order valence-electron chi connectivity index (χ4n) is 2.64. The molecule has 1 aromatic rings. The molecule has 9 heteroatoms. The van der Waals surface area contributed by atoms with Gasteiger partial charge < -0.3 is 5.32 Å². The first kappa shape index (κ1) is 18.8. The quantitative estimate of drug-likeness (QED) is 0.842. The Bertz CT molecular complexity index is 704. The summed E-state index contributed by atoms with van der Waals surface area (Å²) in [6.45, 7) is 5.12. The number of rotatable bonds is 5. The number of sulfonamides is 1. The zero-order valence-corrected chi connectivity index (χ0v) is 14.4. The van der Waals surface area contributed by atoms with Gasteiger partial charge in [-0.15, -0.1) is 0 Å². The number of likely N-dealkylation sites (N-methyl/N-ethyl adjacent to an activating group) is 1. The van der Waals surface area contributed by atoms with E-state index in [1.54, 1.807) is 6.92 Å². The van der Waals surface area contributed by atoms with E-state index in [2.05, 4.69) is 5.32 Å². The first-order valence-corrected chi connectivity index (χ1v) is 9.18. The van der Waals surface area contributed by atoms with Gasteiger partial charge in [0.05, 0.1) is 6.04 Å². The smallest absolute Gasteiger partial charge is 0.246 e. The second kappa shape index (κ2) is 7.54. The fraction of sp³-hybridized carbons (Fsp3) is 0.533. The molecule has 0 bridgehead atoms. The van der Waals surface area contributed by atoms with Gasteiger partial charge in [-0.3, -0.25) is 9.69 Å². The molecule has 0 saturated carbocycles. The van der Waals surface area contributed by atoms with Crippen LogP contribution in [0.15, 0.2) is 23.1 Å². The molecule has 0 unspecified atom stereocenters. The zero-order valence-electron chi connectivity index (χ0n) is 13.6. The van der Waals surface area contributed by atoms with Crippen molar-refractivity contribution in [2.24, 2.45) is 0 Å². The van der Waals surface area contributed by atoms with Gasteiger partial charge in [0.1, 0.15) is 16.5 Å². The normalized spacial score (nSPS) is 18.3. The van der Waals surface area contributed by atoms with Crippen LogP contribution in [0.25, 0.3) is 0 Å². The van der Waals surface area contributed by atoms with E-state index in [0.717, 1.165) is 16.4 Å². The average molecular weight is 361 g/mol. The Balaban J connectivity index is 2.07. The lowest BCUT2D eigenvalue weighted by Gasteiger charge is -2.36. The second-order valence-corrected chi connectivity index (χ2v) is 7.49. The van der Waals surface area contributed by atoms with E-state index in [0.29, 0.717) is 25.7 Å². The van der Waals surface area contributed by atoms with Gasteiger partial charge in [0.15, 0.2) is 0 Å². The monoisotopic (exact) mass is 361 g/mol. The van der Waals surface area contributed by atoms with Crippen molar-refractivity contribution < 1.29 is 22.0 Å². The molecule has 134 valence electrons. The van der Waals surface area contributed by atoms with Gasteiger partial charge in [0.25, 0.3) is 0 Å². The Labute approximate surface area is 140 Å². The summed E-state index contributed by atoms with van der Waals surface area (Å²) in [5.74, 6) is -2.04. The predicted octanol–water partition coefficient (Wildman–Crippen LogP) is 0.796. The Hall–Kier alpha value is -1.58. The molecule has 0 radical (unpaired) electrons. The third kappa shape index (κ3) is 3.90. The Morgan fingerprint density at radius 2 is 1.88 bits per heavy atom. The van der Waals surface area contributed by atoms with Crippen LogP contribution in [0.2, 0.25) is 0 Å². The molecule has 1 aliphatic heterocycles. The molecule has 24 heavy (non-hydrogen) atoms. The number of amides is 1. The third-order valence-corrected chi connectivity index (χ3v) is 6.00. The molecule has 1 aromatic carbocycles. The fourth-order valence-corrected chi connectivity index (χ4v) is 4.11. The molecule has 1 aliphatic rings. The Morgan fingerprint density at radius 1 is 1.25 bits per heavy atom. The number of halogens is 2. The number of carbonyl (C=O) groups is 1. The molecule has 1 atom stereocenters. The molecule has 0 aliphatic carbocycles. The summed E-state index contributed by atoms with van der Waals surface area (Å²) in [6, 6.07) is 2.05. The van der Waals surface area contributed by atoms with Crippen LogP contribution in [0.5, 0.6) is 0 Å². The maximum Gasteiger partial charge on any atom is 0.246 e. The van der Waals surface area contributed by atoms with E-state index in [9.17, 15) is 22.0 Å². The van der Waals surface area contributed by atoms with Gasteiger partial charge in [-0.25, -0.2) is 17.2 Å². The van der Waals surface area contributed by atoms with Crippen molar-refractivity contribution in [2.45, 2.75) is 24.8 Å². The number of hydrogen-bond acceptors (Lipinski definition) is 4. The molecule has 1 saturated heterocycles. The van der Waals surface area contributed by atoms with Crippen LogP contribution in [0.1, 0.15) is 13.8 Å². The lowest BCUT2D eigenvalue weighted by Crippen LogP contribution is -2.54. The topological polar surface area (TPSA) is 69.7 Å². The number of hydrogen-bond donors (Lipinski definition) is 1. The van der Waals surface area contributed by atoms with Crippen molar-refractivity contribution in [2.75, 3.05) is 32.7 Å². The predicted molar refractivity (Wildman–Crippen MR) is 84.8 cm³/mol. The van der Waals surface area contributed by atoms with Crippen molar-refractivity contribution in [3.8, 4) is 0 Å². The first-order valence-electron chi connectivity index (χ1n) is 7.74. The molecule has 2 rings (SSSR count). The van der Waals surface area contributed by atoms with E-state index >= 15 is 0 Å². The number of carbonyl (C=O) groups excluding carboxylic acids is 1. The molecule has 1 N–H and O–H groups in total. The molecule has 0 spiro atoms. The summed E-state index contributed by atoms with van der Waals surface area (Å²) in [6.07, 6.45) is 0. The lowest BCUT2D eigenvalue weighted by molar-refractivity contribution is -0.126. The summed E-state index contributed by atoms with van der Waals surface area (Å²) >= 11 is 0. The number of benzene rings is 1. The van der Waals surface area contributed by atoms with E-state index < -0.39 is 26.6 Å². The summed E-state index contributed by atoms with van der Waals surface area (Å²) in [5.41, 5.74) is 0. The highest BCUT2D eigenvalue weighted by molar-refractivity contribution is 7.89. The van der Waals surface area contributed by atoms with Gasteiger partial charge >= 0.3 is 0 Å². The Morgan fingerprint density at radius 3 is 2.42 bits per heavy atom. The summed E-state index contributed by atoms with van der Waals surface area (Å²) in [5, 5.41) is 2.73. The molecule has 1 amide bonds. The van der Waals surface area contributed by atoms with Gasteiger partial charge in [0, 0.05) is 38.8 Å². The summed E-state index contributed by atoms with van der Waals surface area (Å²) in [7, 11) is -4.02. The van der Waals surface area contributed by atoms with Gasteiger partial charge in [-0.2, -0.15) is 4.31 Å². The first-order chi connectivity index (χ1) is 11.3. The van der Waals surface area contributed by atoms with Crippen LogP contribution in [0, 0.1) is 11.6 Å². The van der Waals surface area contributed by atoms with E-state index in [1.807, 2.05) is 11.8 Å². The van der Waals surface area contributed by atoms with Gasteiger partial charge in [0.2, 0.25) is 15.9 Å². The largest absolute Gasteiger partial charge is 0.355 e. The zero-order chi connectivity index (χ0) is 17.9. The van der Waals surface area contributed by atoms with Crippen LogP contribution in [0.4, 0.5) is 8.78 Å². The van der Waals surface area contributed by atoms with Crippen molar-refractivity contribution in [1.82, 2.24) is 14.5 Å². The Kier molecular flexibility index (Phi) is 5.89. The third-order valence-electron chi connectivity index (χ3n) is 4.06. The molecule has 0 aromatic heterocycles. The molecular weight excluding hydrogens is 340 g/mol. The highest BCUT2D eigenvalue weighted by Crippen LogP contribution is 2.21. The van der Waals surface area contributed by atoms with Crippen LogP contribution < -0.4 is 5.32 Å². The average Bonchev–Trinajstić information content (AvgIpc) is 2.54. The SMILES string of the molecule is CCNC(=O)[C@@H](C)N1CCN(S(=O)(=O)c2ccc(F)cc2F)CC1. The summed E-state index contributed by atoms with van der Waals surface area (Å²) in [4.78, 5) is 13.2. The minimum Gasteiger partial charge on any atom is -0.355 e.